The Hall–Kier alpha value is -2.95. The molecular weight excluding hydrogens is 330 g/mol. The molecule has 0 saturated heterocycles. The van der Waals surface area contributed by atoms with Crippen LogP contribution in [0.4, 0.5) is 5.69 Å². The van der Waals surface area contributed by atoms with Crippen LogP contribution in [0.3, 0.4) is 0 Å². The van der Waals surface area contributed by atoms with Gasteiger partial charge in [-0.2, -0.15) is 0 Å². The number of nitrogens with one attached hydrogen (secondary N) is 1. The van der Waals surface area contributed by atoms with Gasteiger partial charge in [-0.15, -0.1) is 0 Å². The highest BCUT2D eigenvalue weighted by molar-refractivity contribution is 5.99. The van der Waals surface area contributed by atoms with Crippen LogP contribution in [-0.4, -0.2) is 24.3 Å². The second kappa shape index (κ2) is 7.95. The van der Waals surface area contributed by atoms with Crippen LogP contribution in [0.25, 0.3) is 0 Å². The molecule has 0 heterocycles. The molecule has 0 atom stereocenters. The van der Waals surface area contributed by atoms with Crippen LogP contribution >= 0.6 is 0 Å². The zero-order valence-electron chi connectivity index (χ0n) is 15.5. The van der Waals surface area contributed by atoms with Crippen molar-refractivity contribution >= 4 is 23.3 Å². The number of esters is 1. The maximum atomic E-state index is 12.2. The summed E-state index contributed by atoms with van der Waals surface area (Å²) in [6.07, 6.45) is 0. The molecule has 1 amide bonds. The van der Waals surface area contributed by atoms with Crippen LogP contribution in [0.5, 0.6) is 0 Å². The van der Waals surface area contributed by atoms with Gasteiger partial charge >= 0.3 is 5.97 Å². The van der Waals surface area contributed by atoms with E-state index in [1.807, 2.05) is 12.1 Å². The fraction of sp³-hybridized carbons (Fsp3) is 0.286. The Bertz CT molecular complexity index is 799. The number of rotatable bonds is 5. The number of benzene rings is 2. The maximum Gasteiger partial charge on any atom is 0.338 e. The molecule has 0 fully saturated rings. The minimum Gasteiger partial charge on any atom is -0.454 e. The van der Waals surface area contributed by atoms with Crippen LogP contribution in [0, 0.1) is 0 Å². The van der Waals surface area contributed by atoms with E-state index in [1.54, 1.807) is 24.3 Å². The number of hydrogen-bond donors (Lipinski definition) is 1. The summed E-state index contributed by atoms with van der Waals surface area (Å²) in [5, 5.41) is 2.61. The van der Waals surface area contributed by atoms with Crippen LogP contribution in [0.15, 0.2) is 48.5 Å². The number of anilines is 1. The van der Waals surface area contributed by atoms with Crippen molar-refractivity contribution in [3.05, 3.63) is 65.2 Å². The van der Waals surface area contributed by atoms with Crippen molar-refractivity contribution in [3.63, 3.8) is 0 Å². The van der Waals surface area contributed by atoms with Gasteiger partial charge in [0.1, 0.15) is 0 Å². The first-order valence-electron chi connectivity index (χ1n) is 8.35. The van der Waals surface area contributed by atoms with Gasteiger partial charge in [-0.1, -0.05) is 45.0 Å². The van der Waals surface area contributed by atoms with E-state index in [0.29, 0.717) is 16.8 Å². The highest BCUT2D eigenvalue weighted by Crippen LogP contribution is 2.22. The Morgan fingerprint density at radius 2 is 1.42 bits per heavy atom. The third-order valence-electron chi connectivity index (χ3n) is 3.85. The van der Waals surface area contributed by atoms with Gasteiger partial charge in [0.2, 0.25) is 5.91 Å². The molecular formula is C21H23NO4. The van der Waals surface area contributed by atoms with Gasteiger partial charge in [-0.3, -0.25) is 9.59 Å². The van der Waals surface area contributed by atoms with Crippen LogP contribution in [0.2, 0.25) is 0 Å². The van der Waals surface area contributed by atoms with Crippen LogP contribution in [-0.2, 0) is 14.9 Å². The number of ether oxygens (including phenoxy) is 1. The van der Waals surface area contributed by atoms with Crippen molar-refractivity contribution in [2.24, 2.45) is 0 Å². The smallest absolute Gasteiger partial charge is 0.338 e. The molecule has 0 radical (unpaired) electrons. The van der Waals surface area contributed by atoms with E-state index in [9.17, 15) is 14.4 Å². The molecule has 26 heavy (non-hydrogen) atoms. The summed E-state index contributed by atoms with van der Waals surface area (Å²) in [4.78, 5) is 35.2. The molecule has 0 aliphatic heterocycles. The van der Waals surface area contributed by atoms with E-state index < -0.39 is 5.97 Å². The third kappa shape index (κ3) is 5.28. The van der Waals surface area contributed by atoms with E-state index in [-0.39, 0.29) is 23.7 Å². The van der Waals surface area contributed by atoms with Crippen molar-refractivity contribution in [2.75, 3.05) is 11.9 Å². The molecule has 0 spiro atoms. The van der Waals surface area contributed by atoms with Gasteiger partial charge in [0, 0.05) is 18.2 Å². The normalized spacial score (nSPS) is 10.9. The predicted octanol–water partition coefficient (Wildman–Crippen LogP) is 3.98. The van der Waals surface area contributed by atoms with Gasteiger partial charge in [-0.05, 0) is 35.2 Å². The Balaban J connectivity index is 1.94. The fourth-order valence-corrected chi connectivity index (χ4v) is 2.35. The average Bonchev–Trinajstić information content (AvgIpc) is 2.59. The molecule has 0 aromatic heterocycles. The molecule has 1 N–H and O–H groups in total. The number of carbonyl (C=O) groups excluding carboxylic acids is 3. The zero-order chi connectivity index (χ0) is 19.3. The lowest BCUT2D eigenvalue weighted by Crippen LogP contribution is -2.15. The SMILES string of the molecule is CC(=O)Nc1ccc(C(=O)OCC(=O)c2ccc(C(C)(C)C)cc2)cc1. The van der Waals surface area contributed by atoms with Crippen molar-refractivity contribution in [2.45, 2.75) is 33.1 Å². The summed E-state index contributed by atoms with van der Waals surface area (Å²) in [7, 11) is 0. The van der Waals surface area contributed by atoms with Crippen molar-refractivity contribution in [3.8, 4) is 0 Å². The molecule has 0 bridgehead atoms. The largest absolute Gasteiger partial charge is 0.454 e. The summed E-state index contributed by atoms with van der Waals surface area (Å²) in [6, 6.07) is 13.6. The van der Waals surface area contributed by atoms with E-state index in [1.165, 1.54) is 19.1 Å². The number of hydrogen-bond acceptors (Lipinski definition) is 4. The Morgan fingerprint density at radius 1 is 0.885 bits per heavy atom. The standard InChI is InChI=1S/C21H23NO4/c1-14(23)22-18-11-7-16(8-12-18)20(25)26-13-19(24)15-5-9-17(10-6-15)21(2,3)4/h5-12H,13H2,1-4H3,(H,22,23). The van der Waals surface area contributed by atoms with E-state index in [2.05, 4.69) is 26.1 Å². The first-order chi connectivity index (χ1) is 12.2. The highest BCUT2D eigenvalue weighted by atomic mass is 16.5. The van der Waals surface area contributed by atoms with Crippen LogP contribution < -0.4 is 5.32 Å². The molecule has 0 unspecified atom stereocenters. The molecule has 2 rings (SSSR count). The minimum absolute atomic E-state index is 0.0114. The van der Waals surface area contributed by atoms with E-state index in [0.717, 1.165) is 5.56 Å². The summed E-state index contributed by atoms with van der Waals surface area (Å²) < 4.78 is 5.09. The van der Waals surface area contributed by atoms with Gasteiger partial charge in [0.25, 0.3) is 0 Å². The highest BCUT2D eigenvalue weighted by Gasteiger charge is 2.15. The zero-order valence-corrected chi connectivity index (χ0v) is 15.5. The first kappa shape index (κ1) is 19.4. The molecule has 5 nitrogen and oxygen atoms in total. The summed E-state index contributed by atoms with van der Waals surface area (Å²) in [6.45, 7) is 7.39. The van der Waals surface area contributed by atoms with Gasteiger partial charge in [0.15, 0.2) is 12.4 Å². The van der Waals surface area contributed by atoms with Crippen LogP contribution in [0.1, 0.15) is 54.0 Å². The Labute approximate surface area is 153 Å². The number of amides is 1. The quantitative estimate of drug-likeness (QED) is 0.652. The molecule has 2 aromatic rings. The lowest BCUT2D eigenvalue weighted by Gasteiger charge is -2.18. The Kier molecular flexibility index (Phi) is 5.93. The summed E-state index contributed by atoms with van der Waals surface area (Å²) in [5.41, 5.74) is 2.55. The van der Waals surface area contributed by atoms with E-state index in [4.69, 9.17) is 4.74 Å². The molecule has 5 heteroatoms. The monoisotopic (exact) mass is 353 g/mol. The van der Waals surface area contributed by atoms with Crippen molar-refractivity contribution < 1.29 is 19.1 Å². The molecule has 2 aromatic carbocycles. The summed E-state index contributed by atoms with van der Waals surface area (Å²) in [5.74, 6) is -1.03. The fourth-order valence-electron chi connectivity index (χ4n) is 2.35. The molecule has 0 aliphatic rings. The average molecular weight is 353 g/mol. The second-order valence-electron chi connectivity index (χ2n) is 7.09. The Morgan fingerprint density at radius 3 is 1.92 bits per heavy atom. The van der Waals surface area contributed by atoms with E-state index >= 15 is 0 Å². The number of carbonyl (C=O) groups is 3. The van der Waals surface area contributed by atoms with Crippen molar-refractivity contribution in [1.29, 1.82) is 0 Å². The first-order valence-corrected chi connectivity index (χ1v) is 8.35. The maximum absolute atomic E-state index is 12.2. The molecule has 136 valence electrons. The third-order valence-corrected chi connectivity index (χ3v) is 3.85. The topological polar surface area (TPSA) is 72.5 Å². The predicted molar refractivity (Wildman–Crippen MR) is 101 cm³/mol. The van der Waals surface area contributed by atoms with Gasteiger partial charge in [-0.25, -0.2) is 4.79 Å². The lowest BCUT2D eigenvalue weighted by molar-refractivity contribution is -0.114. The van der Waals surface area contributed by atoms with Gasteiger partial charge in [0.05, 0.1) is 5.56 Å². The van der Waals surface area contributed by atoms with Crippen molar-refractivity contribution in [1.82, 2.24) is 0 Å². The lowest BCUT2D eigenvalue weighted by atomic mass is 9.86. The molecule has 0 aliphatic carbocycles. The summed E-state index contributed by atoms with van der Waals surface area (Å²) >= 11 is 0. The van der Waals surface area contributed by atoms with Gasteiger partial charge < -0.3 is 10.1 Å². The minimum atomic E-state index is -0.584. The molecule has 0 saturated carbocycles. The number of Topliss-reactive ketones (excluding diaryl/α,β-unsaturated/α-hetero) is 1. The second-order valence-corrected chi connectivity index (χ2v) is 7.09. The number of ketones is 1.